The Morgan fingerprint density at radius 2 is 2.00 bits per heavy atom. The number of ether oxygens (including phenoxy) is 1. The van der Waals surface area contributed by atoms with Crippen molar-refractivity contribution in [3.05, 3.63) is 45.9 Å². The molecule has 0 saturated carbocycles. The van der Waals surface area contributed by atoms with E-state index in [0.29, 0.717) is 12.6 Å². The summed E-state index contributed by atoms with van der Waals surface area (Å²) in [7, 11) is 0. The lowest BCUT2D eigenvalue weighted by Gasteiger charge is -2.14. The zero-order chi connectivity index (χ0) is 14.4. The maximum absolute atomic E-state index is 5.46. The molecule has 108 valence electrons. The highest BCUT2D eigenvalue weighted by Gasteiger charge is 2.07. The summed E-state index contributed by atoms with van der Waals surface area (Å²) in [6, 6.07) is 8.58. The fourth-order valence-corrected chi connectivity index (χ4v) is 2.78. The van der Waals surface area contributed by atoms with Crippen molar-refractivity contribution in [1.82, 2.24) is 10.3 Å². The molecular weight excluding hydrogens is 268 g/mol. The van der Waals surface area contributed by atoms with Crippen molar-refractivity contribution in [3.8, 4) is 5.75 Å². The molecule has 2 rings (SSSR count). The van der Waals surface area contributed by atoms with Crippen molar-refractivity contribution in [2.24, 2.45) is 0 Å². The molecule has 3 nitrogen and oxygen atoms in total. The van der Waals surface area contributed by atoms with Crippen LogP contribution >= 0.6 is 11.3 Å². The highest BCUT2D eigenvalue weighted by atomic mass is 32.1. The van der Waals surface area contributed by atoms with Crippen LogP contribution in [0.25, 0.3) is 0 Å². The van der Waals surface area contributed by atoms with Gasteiger partial charge >= 0.3 is 0 Å². The number of aryl methyl sites for hydroxylation is 1. The molecule has 0 saturated heterocycles. The lowest BCUT2D eigenvalue weighted by molar-refractivity contribution is 0.340. The van der Waals surface area contributed by atoms with Crippen molar-refractivity contribution < 1.29 is 4.74 Å². The van der Waals surface area contributed by atoms with Gasteiger partial charge in [0, 0.05) is 23.7 Å². The summed E-state index contributed by atoms with van der Waals surface area (Å²) >= 11 is 1.79. The normalized spacial score (nSPS) is 12.3. The van der Waals surface area contributed by atoms with Gasteiger partial charge in [-0.15, -0.1) is 11.3 Å². The zero-order valence-electron chi connectivity index (χ0n) is 12.3. The predicted molar refractivity (Wildman–Crippen MR) is 84.4 cm³/mol. The largest absolute Gasteiger partial charge is 0.494 e. The first kappa shape index (κ1) is 15.0. The van der Waals surface area contributed by atoms with Crippen LogP contribution in [0.5, 0.6) is 5.75 Å². The van der Waals surface area contributed by atoms with E-state index in [4.69, 9.17) is 4.74 Å². The molecule has 4 heteroatoms. The minimum atomic E-state index is 0.305. The maximum Gasteiger partial charge on any atom is 0.119 e. The molecule has 1 atom stereocenters. The van der Waals surface area contributed by atoms with Crippen LogP contribution in [-0.4, -0.2) is 11.6 Å². The number of aromatic nitrogens is 1. The van der Waals surface area contributed by atoms with Gasteiger partial charge in [-0.1, -0.05) is 19.1 Å². The van der Waals surface area contributed by atoms with Gasteiger partial charge in [0.1, 0.15) is 10.8 Å². The number of nitrogens with zero attached hydrogens (tertiary/aromatic N) is 1. The zero-order valence-corrected chi connectivity index (χ0v) is 13.2. The fraction of sp³-hybridized carbons (Fsp3) is 0.438. The van der Waals surface area contributed by atoms with Gasteiger partial charge in [0.15, 0.2) is 0 Å². The van der Waals surface area contributed by atoms with E-state index >= 15 is 0 Å². The number of rotatable bonds is 7. The van der Waals surface area contributed by atoms with Crippen molar-refractivity contribution in [3.63, 3.8) is 0 Å². The highest BCUT2D eigenvalue weighted by Crippen LogP contribution is 2.19. The van der Waals surface area contributed by atoms with Crippen molar-refractivity contribution in [2.45, 2.75) is 39.8 Å². The Hall–Kier alpha value is -1.39. The summed E-state index contributed by atoms with van der Waals surface area (Å²) in [5.74, 6) is 0.927. The molecule has 0 aliphatic rings. The molecule has 0 bridgehead atoms. The van der Waals surface area contributed by atoms with Gasteiger partial charge in [-0.2, -0.15) is 0 Å². The Labute approximate surface area is 125 Å². The number of nitrogens with one attached hydrogen (secondary N) is 1. The van der Waals surface area contributed by atoms with Crippen molar-refractivity contribution in [1.29, 1.82) is 0 Å². The van der Waals surface area contributed by atoms with Crippen LogP contribution in [0.3, 0.4) is 0 Å². The third kappa shape index (κ3) is 4.05. The summed E-state index contributed by atoms with van der Waals surface area (Å²) in [4.78, 5) is 5.77. The first-order valence-electron chi connectivity index (χ1n) is 7.12. The molecule has 1 aromatic heterocycles. The van der Waals surface area contributed by atoms with Crippen LogP contribution in [-0.2, 0) is 13.0 Å². The molecular formula is C16H22N2OS. The summed E-state index contributed by atoms with van der Waals surface area (Å²) in [5.41, 5.74) is 1.26. The Bertz CT molecular complexity index is 522. The second-order valence-corrected chi connectivity index (χ2v) is 5.88. The quantitative estimate of drug-likeness (QED) is 0.838. The van der Waals surface area contributed by atoms with Crippen LogP contribution in [0.2, 0.25) is 0 Å². The summed E-state index contributed by atoms with van der Waals surface area (Å²) in [6.07, 6.45) is 3.04. The molecule has 0 fully saturated rings. The van der Waals surface area contributed by atoms with Crippen LogP contribution in [0.15, 0.2) is 30.5 Å². The molecule has 0 aliphatic heterocycles. The van der Waals surface area contributed by atoms with Gasteiger partial charge in [-0.25, -0.2) is 4.98 Å². The summed E-state index contributed by atoms with van der Waals surface area (Å²) in [6.45, 7) is 7.85. The number of hydrogen-bond acceptors (Lipinski definition) is 4. The number of thiazole rings is 1. The summed E-state index contributed by atoms with van der Waals surface area (Å²) in [5, 5.41) is 4.66. The first-order chi connectivity index (χ1) is 9.72. The SMILES string of the molecule is CCOc1ccc(C(C)NCc2ncc(CC)s2)cc1. The average molecular weight is 290 g/mol. The molecule has 0 spiro atoms. The fourth-order valence-electron chi connectivity index (χ4n) is 1.97. The Kier molecular flexibility index (Phi) is 5.56. The third-order valence-electron chi connectivity index (χ3n) is 3.20. The Morgan fingerprint density at radius 1 is 1.25 bits per heavy atom. The lowest BCUT2D eigenvalue weighted by atomic mass is 10.1. The molecule has 1 N–H and O–H groups in total. The lowest BCUT2D eigenvalue weighted by Crippen LogP contribution is -2.17. The van der Waals surface area contributed by atoms with Crippen LogP contribution in [0.4, 0.5) is 0 Å². The van der Waals surface area contributed by atoms with Gasteiger partial charge in [0.05, 0.1) is 6.61 Å². The molecule has 2 aromatic rings. The Balaban J connectivity index is 1.89. The Morgan fingerprint density at radius 3 is 2.60 bits per heavy atom. The van der Waals surface area contributed by atoms with Crippen molar-refractivity contribution >= 4 is 11.3 Å². The van der Waals surface area contributed by atoms with Gasteiger partial charge in [-0.3, -0.25) is 0 Å². The molecule has 20 heavy (non-hydrogen) atoms. The minimum Gasteiger partial charge on any atom is -0.494 e. The monoisotopic (exact) mass is 290 g/mol. The van der Waals surface area contributed by atoms with Crippen LogP contribution in [0.1, 0.15) is 42.3 Å². The molecule has 0 aliphatic carbocycles. The third-order valence-corrected chi connectivity index (χ3v) is 4.34. The van der Waals surface area contributed by atoms with Gasteiger partial charge < -0.3 is 10.1 Å². The van der Waals surface area contributed by atoms with Crippen molar-refractivity contribution in [2.75, 3.05) is 6.61 Å². The van der Waals surface area contributed by atoms with E-state index < -0.39 is 0 Å². The van der Waals surface area contributed by atoms with E-state index in [1.807, 2.05) is 25.3 Å². The van der Waals surface area contributed by atoms with E-state index in [9.17, 15) is 0 Å². The average Bonchev–Trinajstić information content (AvgIpc) is 2.94. The molecule has 1 unspecified atom stereocenters. The van der Waals surface area contributed by atoms with Gasteiger partial charge in [-0.05, 0) is 38.0 Å². The van der Waals surface area contributed by atoms with E-state index in [1.54, 1.807) is 11.3 Å². The standard InChI is InChI=1S/C16H22N2OS/c1-4-15-10-18-16(20-15)11-17-12(3)13-6-8-14(9-7-13)19-5-2/h6-10,12,17H,4-5,11H2,1-3H3. The molecule has 1 aromatic carbocycles. The number of hydrogen-bond donors (Lipinski definition) is 1. The van der Waals surface area contributed by atoms with E-state index in [2.05, 4.69) is 36.3 Å². The van der Waals surface area contributed by atoms with E-state index in [0.717, 1.165) is 23.7 Å². The maximum atomic E-state index is 5.46. The predicted octanol–water partition coefficient (Wildman–Crippen LogP) is 3.96. The second kappa shape index (κ2) is 7.41. The summed E-state index contributed by atoms with van der Waals surface area (Å²) < 4.78 is 5.46. The van der Waals surface area contributed by atoms with Gasteiger partial charge in [0.25, 0.3) is 0 Å². The van der Waals surface area contributed by atoms with Gasteiger partial charge in [0.2, 0.25) is 0 Å². The topological polar surface area (TPSA) is 34.1 Å². The smallest absolute Gasteiger partial charge is 0.119 e. The van der Waals surface area contributed by atoms with Crippen LogP contribution < -0.4 is 10.1 Å². The van der Waals surface area contributed by atoms with E-state index in [1.165, 1.54) is 10.4 Å². The van der Waals surface area contributed by atoms with E-state index in [-0.39, 0.29) is 0 Å². The minimum absolute atomic E-state index is 0.305. The molecule has 1 heterocycles. The first-order valence-corrected chi connectivity index (χ1v) is 7.94. The number of benzene rings is 1. The molecule has 0 radical (unpaired) electrons. The molecule has 0 amide bonds. The second-order valence-electron chi connectivity index (χ2n) is 4.68. The van der Waals surface area contributed by atoms with Crippen LogP contribution in [0, 0.1) is 0 Å². The highest BCUT2D eigenvalue weighted by molar-refractivity contribution is 7.11.